The fourth-order valence-electron chi connectivity index (χ4n) is 4.27. The molecule has 1 saturated heterocycles. The molecular weight excluding hydrogens is 324 g/mol. The summed E-state index contributed by atoms with van der Waals surface area (Å²) >= 11 is 3.62. The van der Waals surface area contributed by atoms with Gasteiger partial charge in [-0.1, -0.05) is 28.8 Å². The maximum absolute atomic E-state index is 6.07. The minimum atomic E-state index is 0.214. The van der Waals surface area contributed by atoms with Gasteiger partial charge in [0.15, 0.2) is 0 Å². The molecule has 2 atom stereocenters. The van der Waals surface area contributed by atoms with Gasteiger partial charge in [-0.05, 0) is 68.7 Å². The SMILES string of the molecule is CC(N)Cc1cc(Br)ccc1N1CCCC1C1CCCC1. The van der Waals surface area contributed by atoms with E-state index in [-0.39, 0.29) is 6.04 Å². The number of rotatable bonds is 4. The van der Waals surface area contributed by atoms with E-state index in [1.54, 1.807) is 0 Å². The summed E-state index contributed by atoms with van der Waals surface area (Å²) in [5.41, 5.74) is 8.91. The van der Waals surface area contributed by atoms with Crippen LogP contribution in [0.1, 0.15) is 51.0 Å². The summed E-state index contributed by atoms with van der Waals surface area (Å²) in [7, 11) is 0. The van der Waals surface area contributed by atoms with E-state index < -0.39 is 0 Å². The van der Waals surface area contributed by atoms with Crippen LogP contribution in [0.2, 0.25) is 0 Å². The summed E-state index contributed by atoms with van der Waals surface area (Å²) < 4.78 is 1.17. The number of benzene rings is 1. The minimum absolute atomic E-state index is 0.214. The second-order valence-electron chi connectivity index (χ2n) is 6.90. The molecule has 2 unspecified atom stereocenters. The fourth-order valence-corrected chi connectivity index (χ4v) is 4.68. The lowest BCUT2D eigenvalue weighted by molar-refractivity contribution is 0.430. The molecular formula is C18H27BrN2. The number of nitrogens with zero attached hydrogens (tertiary/aromatic N) is 1. The first-order valence-electron chi connectivity index (χ1n) is 8.46. The molecule has 1 heterocycles. The Labute approximate surface area is 137 Å². The molecule has 0 bridgehead atoms. The zero-order chi connectivity index (χ0) is 14.8. The van der Waals surface area contributed by atoms with Gasteiger partial charge in [0.1, 0.15) is 0 Å². The van der Waals surface area contributed by atoms with Gasteiger partial charge in [-0.2, -0.15) is 0 Å². The average molecular weight is 351 g/mol. The zero-order valence-corrected chi connectivity index (χ0v) is 14.6. The molecule has 2 fully saturated rings. The van der Waals surface area contributed by atoms with Crippen LogP contribution in [0.3, 0.4) is 0 Å². The standard InChI is InChI=1S/C18H27BrN2/c1-13(20)11-15-12-16(19)8-9-18(15)21-10-4-7-17(21)14-5-2-3-6-14/h8-9,12-14,17H,2-7,10-11,20H2,1H3. The van der Waals surface area contributed by atoms with Gasteiger partial charge in [0, 0.05) is 28.8 Å². The summed E-state index contributed by atoms with van der Waals surface area (Å²) in [6.45, 7) is 3.32. The zero-order valence-electron chi connectivity index (χ0n) is 13.0. The van der Waals surface area contributed by atoms with Gasteiger partial charge in [0.2, 0.25) is 0 Å². The van der Waals surface area contributed by atoms with E-state index in [0.717, 1.165) is 18.4 Å². The van der Waals surface area contributed by atoms with Crippen molar-refractivity contribution in [3.8, 4) is 0 Å². The highest BCUT2D eigenvalue weighted by atomic mass is 79.9. The van der Waals surface area contributed by atoms with Crippen molar-refractivity contribution >= 4 is 21.6 Å². The predicted octanol–water partition coefficient (Wildman–Crippen LogP) is 4.50. The molecule has 0 spiro atoms. The molecule has 3 rings (SSSR count). The summed E-state index contributed by atoms with van der Waals surface area (Å²) in [5, 5.41) is 0. The number of hydrogen-bond acceptors (Lipinski definition) is 2. The van der Waals surface area contributed by atoms with Crippen molar-refractivity contribution in [1.82, 2.24) is 0 Å². The Morgan fingerprint density at radius 1 is 1.24 bits per heavy atom. The number of nitrogens with two attached hydrogens (primary N) is 1. The highest BCUT2D eigenvalue weighted by molar-refractivity contribution is 9.10. The van der Waals surface area contributed by atoms with Crippen LogP contribution in [-0.2, 0) is 6.42 Å². The first-order valence-corrected chi connectivity index (χ1v) is 9.25. The van der Waals surface area contributed by atoms with E-state index in [2.05, 4.69) is 46.0 Å². The van der Waals surface area contributed by atoms with E-state index in [1.807, 2.05) is 0 Å². The Hall–Kier alpha value is -0.540. The van der Waals surface area contributed by atoms with Crippen LogP contribution in [0.25, 0.3) is 0 Å². The highest BCUT2D eigenvalue weighted by Gasteiger charge is 2.34. The first-order chi connectivity index (χ1) is 10.1. The van der Waals surface area contributed by atoms with Crippen molar-refractivity contribution in [3.05, 3.63) is 28.2 Å². The van der Waals surface area contributed by atoms with E-state index in [4.69, 9.17) is 5.73 Å². The highest BCUT2D eigenvalue weighted by Crippen LogP contribution is 2.39. The van der Waals surface area contributed by atoms with Crippen molar-refractivity contribution in [1.29, 1.82) is 0 Å². The van der Waals surface area contributed by atoms with Gasteiger partial charge in [0.25, 0.3) is 0 Å². The Morgan fingerprint density at radius 3 is 2.71 bits per heavy atom. The van der Waals surface area contributed by atoms with Gasteiger partial charge in [-0.15, -0.1) is 0 Å². The Bertz CT molecular complexity index is 480. The molecule has 1 aliphatic carbocycles. The normalized spacial score (nSPS) is 24.7. The molecule has 1 saturated carbocycles. The second kappa shape index (κ2) is 6.70. The van der Waals surface area contributed by atoms with Crippen LogP contribution >= 0.6 is 15.9 Å². The van der Waals surface area contributed by atoms with E-state index >= 15 is 0 Å². The summed E-state index contributed by atoms with van der Waals surface area (Å²) in [4.78, 5) is 2.69. The Balaban J connectivity index is 1.87. The molecule has 3 heteroatoms. The third kappa shape index (κ3) is 3.45. The molecule has 1 aliphatic heterocycles. The maximum Gasteiger partial charge on any atom is 0.0402 e. The number of anilines is 1. The van der Waals surface area contributed by atoms with Gasteiger partial charge >= 0.3 is 0 Å². The van der Waals surface area contributed by atoms with Crippen LogP contribution in [-0.4, -0.2) is 18.6 Å². The summed E-state index contributed by atoms with van der Waals surface area (Å²) in [6, 6.07) is 7.73. The minimum Gasteiger partial charge on any atom is -0.368 e. The number of hydrogen-bond donors (Lipinski definition) is 1. The number of halogens is 1. The summed E-state index contributed by atoms with van der Waals surface area (Å²) in [5.74, 6) is 0.916. The lowest BCUT2D eigenvalue weighted by Crippen LogP contribution is -2.35. The van der Waals surface area contributed by atoms with Crippen molar-refractivity contribution in [3.63, 3.8) is 0 Å². The monoisotopic (exact) mass is 350 g/mol. The molecule has 2 aliphatic rings. The molecule has 0 radical (unpaired) electrons. The van der Waals surface area contributed by atoms with Gasteiger partial charge in [-0.3, -0.25) is 0 Å². The van der Waals surface area contributed by atoms with E-state index in [9.17, 15) is 0 Å². The molecule has 2 nitrogen and oxygen atoms in total. The molecule has 1 aromatic carbocycles. The summed E-state index contributed by atoms with van der Waals surface area (Å²) in [6.07, 6.45) is 9.40. The van der Waals surface area contributed by atoms with Crippen molar-refractivity contribution in [2.45, 2.75) is 64.0 Å². The fraction of sp³-hybridized carbons (Fsp3) is 0.667. The smallest absolute Gasteiger partial charge is 0.0402 e. The van der Waals surface area contributed by atoms with Crippen LogP contribution in [0.4, 0.5) is 5.69 Å². The lowest BCUT2D eigenvalue weighted by atomic mass is 9.95. The van der Waals surface area contributed by atoms with Crippen molar-refractivity contribution < 1.29 is 0 Å². The Morgan fingerprint density at radius 2 is 2.00 bits per heavy atom. The van der Waals surface area contributed by atoms with Crippen LogP contribution in [0.5, 0.6) is 0 Å². The van der Waals surface area contributed by atoms with Crippen molar-refractivity contribution in [2.75, 3.05) is 11.4 Å². The van der Waals surface area contributed by atoms with Crippen LogP contribution < -0.4 is 10.6 Å². The largest absolute Gasteiger partial charge is 0.368 e. The third-order valence-corrected chi connectivity index (χ3v) is 5.63. The quantitative estimate of drug-likeness (QED) is 0.866. The van der Waals surface area contributed by atoms with Gasteiger partial charge < -0.3 is 10.6 Å². The maximum atomic E-state index is 6.07. The second-order valence-corrected chi connectivity index (χ2v) is 7.82. The van der Waals surface area contributed by atoms with Crippen LogP contribution in [0, 0.1) is 5.92 Å². The van der Waals surface area contributed by atoms with E-state index in [0.29, 0.717) is 0 Å². The molecule has 21 heavy (non-hydrogen) atoms. The van der Waals surface area contributed by atoms with Gasteiger partial charge in [0.05, 0.1) is 0 Å². The molecule has 0 aromatic heterocycles. The molecule has 1 aromatic rings. The lowest BCUT2D eigenvalue weighted by Gasteiger charge is -2.33. The van der Waals surface area contributed by atoms with E-state index in [1.165, 1.54) is 60.8 Å². The molecule has 0 amide bonds. The average Bonchev–Trinajstić information content (AvgIpc) is 3.08. The topological polar surface area (TPSA) is 29.3 Å². The predicted molar refractivity (Wildman–Crippen MR) is 93.8 cm³/mol. The van der Waals surface area contributed by atoms with Crippen molar-refractivity contribution in [2.24, 2.45) is 11.7 Å². The molecule has 2 N–H and O–H groups in total. The van der Waals surface area contributed by atoms with Crippen LogP contribution in [0.15, 0.2) is 22.7 Å². The molecule has 116 valence electrons. The first kappa shape index (κ1) is 15.4. The third-order valence-electron chi connectivity index (χ3n) is 5.14. The van der Waals surface area contributed by atoms with Gasteiger partial charge in [-0.25, -0.2) is 0 Å². The Kier molecular flexibility index (Phi) is 4.90.